The van der Waals surface area contributed by atoms with E-state index in [1.165, 1.54) is 0 Å². The van der Waals surface area contributed by atoms with E-state index in [9.17, 15) is 41.0 Å². The number of alkyl halides is 3. The zero-order valence-corrected chi connectivity index (χ0v) is 10.5. The van der Waals surface area contributed by atoms with Crippen LogP contribution in [0.4, 0.5) is 32.6 Å². The van der Waals surface area contributed by atoms with E-state index in [1.54, 1.807) is 0 Å². The van der Waals surface area contributed by atoms with Crippen LogP contribution in [0, 0.1) is 0 Å². The third-order valence-corrected chi connectivity index (χ3v) is 3.90. The molecule has 0 amide bonds. The first-order valence-electron chi connectivity index (χ1n) is 4.27. The van der Waals surface area contributed by atoms with Crippen molar-refractivity contribution in [2.24, 2.45) is 0 Å². The van der Waals surface area contributed by atoms with Gasteiger partial charge in [0.15, 0.2) is 0 Å². The normalized spacial score (nSPS) is 17.2. The summed E-state index contributed by atoms with van der Waals surface area (Å²) in [5, 5.41) is 0. The van der Waals surface area contributed by atoms with Crippen LogP contribution in [-0.4, -0.2) is 13.9 Å². The van der Waals surface area contributed by atoms with Crippen LogP contribution in [-0.2, 0) is 10.1 Å². The van der Waals surface area contributed by atoms with Gasteiger partial charge in [-0.05, 0) is 24.3 Å². The first kappa shape index (κ1) is 16.8. The zero-order chi connectivity index (χ0) is 16.1. The Labute approximate surface area is 107 Å². The number of rotatable bonds is 3. The van der Waals surface area contributed by atoms with Gasteiger partial charge in [0.25, 0.3) is 0 Å². The van der Waals surface area contributed by atoms with Crippen LogP contribution in [0.15, 0.2) is 29.2 Å². The van der Waals surface area contributed by atoms with Crippen molar-refractivity contribution in [3.05, 3.63) is 24.3 Å². The lowest BCUT2D eigenvalue weighted by Gasteiger charge is -2.40. The molecule has 0 aliphatic heterocycles. The van der Waals surface area contributed by atoms with Crippen LogP contribution in [0.2, 0.25) is 0 Å². The van der Waals surface area contributed by atoms with Gasteiger partial charge in [-0.2, -0.15) is 21.6 Å². The fraction of sp³-hybridized carbons (Fsp3) is 0.143. The lowest BCUT2D eigenvalue weighted by Crippen LogP contribution is -2.28. The summed E-state index contributed by atoms with van der Waals surface area (Å²) in [6, 6.07) is -0.474. The second-order valence-electron chi connectivity index (χ2n) is 3.42. The number of hydrogen-bond donors (Lipinski definition) is 0. The molecule has 0 atom stereocenters. The molecule has 0 bridgehead atoms. The monoisotopic (exact) mass is 352 g/mol. The lowest BCUT2D eigenvalue weighted by atomic mass is 10.3. The molecule has 0 aliphatic rings. The Kier molecular flexibility index (Phi) is 3.10. The molecule has 0 heterocycles. The van der Waals surface area contributed by atoms with Crippen molar-refractivity contribution in [1.29, 1.82) is 0 Å². The SMILES string of the molecule is O=S(=O)(Oc1ccc(S(F)(F)(F)(F)F)cc1)C(F)(F)F. The number of hydrogen-bond acceptors (Lipinski definition) is 3. The van der Waals surface area contributed by atoms with Crippen LogP contribution in [0.3, 0.4) is 0 Å². The molecule has 118 valence electrons. The van der Waals surface area contributed by atoms with Crippen molar-refractivity contribution >= 4 is 20.3 Å². The first-order valence-corrected chi connectivity index (χ1v) is 7.63. The summed E-state index contributed by atoms with van der Waals surface area (Å²) in [5.41, 5.74) is -5.80. The van der Waals surface area contributed by atoms with E-state index in [-0.39, 0.29) is 24.3 Å². The minimum atomic E-state index is -9.98. The van der Waals surface area contributed by atoms with Gasteiger partial charge in [-0.25, -0.2) is 0 Å². The maximum Gasteiger partial charge on any atom is 0.534 e. The molecule has 0 N–H and O–H groups in total. The summed E-state index contributed by atoms with van der Waals surface area (Å²) >= 11 is 0. The third-order valence-electron chi connectivity index (χ3n) is 1.76. The van der Waals surface area contributed by atoms with Crippen molar-refractivity contribution in [1.82, 2.24) is 0 Å². The van der Waals surface area contributed by atoms with Gasteiger partial charge in [0, 0.05) is 0 Å². The Morgan fingerprint density at radius 1 is 0.900 bits per heavy atom. The Balaban J connectivity index is 3.14. The second kappa shape index (κ2) is 3.69. The van der Waals surface area contributed by atoms with Gasteiger partial charge >= 0.3 is 25.9 Å². The van der Waals surface area contributed by atoms with E-state index in [0.29, 0.717) is 0 Å². The van der Waals surface area contributed by atoms with Crippen LogP contribution >= 0.6 is 10.2 Å². The van der Waals surface area contributed by atoms with Gasteiger partial charge in [0.05, 0.1) is 0 Å². The highest BCUT2D eigenvalue weighted by atomic mass is 32.5. The summed E-state index contributed by atoms with van der Waals surface area (Å²) in [6.45, 7) is 0. The van der Waals surface area contributed by atoms with Gasteiger partial charge in [-0.3, -0.25) is 0 Å². The molecule has 0 saturated heterocycles. The Morgan fingerprint density at radius 3 is 1.60 bits per heavy atom. The zero-order valence-electron chi connectivity index (χ0n) is 8.87. The molecule has 0 spiro atoms. The molecule has 0 radical (unpaired) electrons. The molecular formula is C7H4F8O3S2. The van der Waals surface area contributed by atoms with Gasteiger partial charge in [0.1, 0.15) is 10.6 Å². The highest BCUT2D eigenvalue weighted by molar-refractivity contribution is 8.45. The third kappa shape index (κ3) is 3.88. The van der Waals surface area contributed by atoms with E-state index in [0.717, 1.165) is 0 Å². The van der Waals surface area contributed by atoms with E-state index >= 15 is 0 Å². The van der Waals surface area contributed by atoms with Crippen molar-refractivity contribution in [2.45, 2.75) is 10.4 Å². The fourth-order valence-corrected chi connectivity index (χ4v) is 2.04. The predicted molar refractivity (Wildman–Crippen MR) is 53.4 cm³/mol. The van der Waals surface area contributed by atoms with Crippen molar-refractivity contribution < 1.29 is 45.2 Å². The predicted octanol–water partition coefficient (Wildman–Crippen LogP) is 4.57. The molecular weight excluding hydrogens is 348 g/mol. The van der Waals surface area contributed by atoms with E-state index in [4.69, 9.17) is 0 Å². The minimum Gasteiger partial charge on any atom is -0.376 e. The van der Waals surface area contributed by atoms with Gasteiger partial charge in [-0.15, -0.1) is 0 Å². The van der Waals surface area contributed by atoms with Crippen LogP contribution < -0.4 is 4.18 Å². The van der Waals surface area contributed by atoms with Crippen LogP contribution in [0.5, 0.6) is 5.75 Å². The summed E-state index contributed by atoms with van der Waals surface area (Å²) in [4.78, 5) is -2.39. The van der Waals surface area contributed by atoms with Crippen molar-refractivity contribution in [3.8, 4) is 5.75 Å². The Morgan fingerprint density at radius 2 is 1.30 bits per heavy atom. The highest BCUT2D eigenvalue weighted by Gasteiger charge is 2.65. The standard InChI is InChI=1S/C7H4F8O3S2/c8-7(9,10)19(16,17)18-5-1-3-6(4-2-5)20(11,12,13,14)15/h1-4H. The van der Waals surface area contributed by atoms with Crippen molar-refractivity contribution in [3.63, 3.8) is 0 Å². The maximum absolute atomic E-state index is 12.3. The maximum atomic E-state index is 12.3. The van der Waals surface area contributed by atoms with Gasteiger partial charge in [-0.1, -0.05) is 19.4 Å². The van der Waals surface area contributed by atoms with E-state index in [1.807, 2.05) is 0 Å². The van der Waals surface area contributed by atoms with Crippen molar-refractivity contribution in [2.75, 3.05) is 0 Å². The van der Waals surface area contributed by atoms with Crippen LogP contribution in [0.25, 0.3) is 0 Å². The van der Waals surface area contributed by atoms with Gasteiger partial charge in [0.2, 0.25) is 0 Å². The van der Waals surface area contributed by atoms with E-state index < -0.39 is 36.5 Å². The Hall–Kier alpha value is -1.24. The second-order valence-corrected chi connectivity index (χ2v) is 7.37. The van der Waals surface area contributed by atoms with E-state index in [2.05, 4.69) is 4.18 Å². The topological polar surface area (TPSA) is 43.4 Å². The molecule has 0 aromatic heterocycles. The average Bonchev–Trinajstić information content (AvgIpc) is 2.12. The molecule has 1 rings (SSSR count). The molecule has 3 nitrogen and oxygen atoms in total. The average molecular weight is 352 g/mol. The Bertz CT molecular complexity index is 613. The molecule has 0 unspecified atom stereocenters. The molecule has 0 saturated carbocycles. The van der Waals surface area contributed by atoms with Crippen LogP contribution in [0.1, 0.15) is 0 Å². The molecule has 0 aliphatic carbocycles. The molecule has 20 heavy (non-hydrogen) atoms. The molecule has 1 aromatic rings. The van der Waals surface area contributed by atoms with Gasteiger partial charge < -0.3 is 4.18 Å². The quantitative estimate of drug-likeness (QED) is 0.455. The summed E-state index contributed by atoms with van der Waals surface area (Å²) in [7, 11) is -16.1. The highest BCUT2D eigenvalue weighted by Crippen LogP contribution is 3.02. The largest absolute Gasteiger partial charge is 0.534 e. The molecule has 1 aromatic carbocycles. The lowest BCUT2D eigenvalue weighted by molar-refractivity contribution is -0.0500. The fourth-order valence-electron chi connectivity index (χ4n) is 0.926. The number of halogens is 8. The summed E-state index contributed by atoms with van der Waals surface area (Å²) in [5.74, 6) is -1.19. The first-order chi connectivity index (χ1) is 8.42. The molecule has 0 fully saturated rings. The smallest absolute Gasteiger partial charge is 0.376 e. The minimum absolute atomic E-state index is 0.0382. The summed E-state index contributed by atoms with van der Waals surface area (Å²) in [6.07, 6.45) is 0. The number of benzene rings is 1. The summed E-state index contributed by atoms with van der Waals surface area (Å²) < 4.78 is 122. The molecule has 13 heteroatoms.